The Morgan fingerprint density at radius 2 is 0.475 bits per heavy atom. The van der Waals surface area contributed by atoms with Crippen LogP contribution in [0.2, 0.25) is 0 Å². The van der Waals surface area contributed by atoms with Gasteiger partial charge in [0.1, 0.15) is 17.2 Å². The lowest BCUT2D eigenvalue weighted by molar-refractivity contribution is 0.507. The molecular weight excluding hydrogens is 727 g/mol. The zero-order valence-electron chi connectivity index (χ0n) is 34.3. The zero-order chi connectivity index (χ0) is 42.3. The monoisotopic (exact) mass is 777 g/mol. The molecule has 0 atom stereocenters. The van der Waals surface area contributed by atoms with Crippen LogP contribution in [0.25, 0.3) is 22.3 Å². The molecule has 6 nitrogen and oxygen atoms in total. The molecule has 0 aromatic heterocycles. The minimum Gasteiger partial charge on any atom is -0.388 e. The summed E-state index contributed by atoms with van der Waals surface area (Å²) in [5, 5.41) is 24.1. The Labute approximate surface area is 350 Å². The van der Waals surface area contributed by atoms with Gasteiger partial charge in [-0.2, -0.15) is 0 Å². The van der Waals surface area contributed by atoms with Crippen LogP contribution in [0.4, 0.5) is 0 Å². The molecule has 0 N–H and O–H groups in total. The maximum absolute atomic E-state index is 8.05. The lowest BCUT2D eigenvalue weighted by Gasteiger charge is -2.04. The van der Waals surface area contributed by atoms with Gasteiger partial charge in [-0.1, -0.05) is 179 Å². The van der Waals surface area contributed by atoms with Crippen LogP contribution in [0.1, 0.15) is 49.9 Å². The second-order valence-electron chi connectivity index (χ2n) is 12.7. The highest BCUT2D eigenvalue weighted by Gasteiger charge is 1.99. The maximum atomic E-state index is 8.05. The molecule has 0 radical (unpaired) electrons. The highest BCUT2D eigenvalue weighted by Crippen LogP contribution is 2.22. The van der Waals surface area contributed by atoms with Crippen LogP contribution < -0.4 is 14.2 Å². The van der Waals surface area contributed by atoms with Crippen molar-refractivity contribution in [2.45, 2.75) is 53.4 Å². The molecule has 7 aromatic carbocycles. The van der Waals surface area contributed by atoms with Crippen LogP contribution in [-0.4, -0.2) is 0 Å². The van der Waals surface area contributed by atoms with E-state index in [1.165, 1.54) is 44.5 Å². The molecule has 0 unspecified atom stereocenters. The van der Waals surface area contributed by atoms with Crippen molar-refractivity contribution in [2.75, 3.05) is 0 Å². The summed E-state index contributed by atoms with van der Waals surface area (Å²) in [5.41, 5.74) is 10.8. The van der Waals surface area contributed by atoms with Crippen molar-refractivity contribution in [3.63, 3.8) is 0 Å². The molecule has 59 heavy (non-hydrogen) atoms. The Bertz CT molecular complexity index is 1970. The number of para-hydroxylation sites is 3. The maximum Gasteiger partial charge on any atom is 0.292 e. The second-order valence-corrected chi connectivity index (χ2v) is 12.7. The van der Waals surface area contributed by atoms with Crippen LogP contribution >= 0.6 is 0 Å². The van der Waals surface area contributed by atoms with Crippen LogP contribution in [0.5, 0.6) is 17.2 Å². The molecule has 6 heteroatoms. The third-order valence-corrected chi connectivity index (χ3v) is 8.84. The summed E-state index contributed by atoms with van der Waals surface area (Å²) < 4.78 is 13.5. The first kappa shape index (κ1) is 45.8. The SMILES string of the molecule is CCc1ccc(-c2ccc(CC)cc2)cc1.CCc1ccc(-c2ccc(CC)cc2)cc1.N#COc1ccccc1.N#COc1ccccc1.N#COc1ccccc1. The summed E-state index contributed by atoms with van der Waals surface area (Å²) in [5.74, 6) is 1.75. The fourth-order valence-corrected chi connectivity index (χ4v) is 5.36. The van der Waals surface area contributed by atoms with Gasteiger partial charge in [0.25, 0.3) is 18.8 Å². The van der Waals surface area contributed by atoms with Crippen LogP contribution in [-0.2, 0) is 25.7 Å². The van der Waals surface area contributed by atoms with Crippen molar-refractivity contribution in [3.05, 3.63) is 210 Å². The highest BCUT2D eigenvalue weighted by molar-refractivity contribution is 5.64. The van der Waals surface area contributed by atoms with Crippen molar-refractivity contribution in [2.24, 2.45) is 0 Å². The fraction of sp³-hybridized carbons (Fsp3) is 0.151. The first-order chi connectivity index (χ1) is 29.0. The van der Waals surface area contributed by atoms with E-state index in [1.54, 1.807) is 55.2 Å². The Morgan fingerprint density at radius 1 is 0.288 bits per heavy atom. The lowest BCUT2D eigenvalue weighted by Crippen LogP contribution is -1.83. The average molecular weight is 778 g/mol. The van der Waals surface area contributed by atoms with Gasteiger partial charge in [-0.15, -0.1) is 15.8 Å². The van der Waals surface area contributed by atoms with Gasteiger partial charge in [-0.05, 0) is 107 Å². The molecular formula is C53H51N3O3. The van der Waals surface area contributed by atoms with E-state index in [9.17, 15) is 0 Å². The van der Waals surface area contributed by atoms with Gasteiger partial charge in [0.2, 0.25) is 0 Å². The molecule has 0 saturated heterocycles. The molecule has 0 bridgehead atoms. The van der Waals surface area contributed by atoms with E-state index < -0.39 is 0 Å². The number of hydrogen-bond acceptors (Lipinski definition) is 6. The Hall–Kier alpha value is -7.59. The van der Waals surface area contributed by atoms with Crippen LogP contribution in [0, 0.1) is 34.6 Å². The average Bonchev–Trinajstić information content (AvgIpc) is 3.31. The standard InChI is InChI=1S/2C16H18.3C7H5NO/c2*1-3-13-5-9-15(10-6-13)16-11-7-14(4-2)8-12-16;3*8-6-9-7-4-2-1-3-5-7/h2*5-12H,3-4H2,1-2H3;3*1-5H. The third-order valence-electron chi connectivity index (χ3n) is 8.84. The van der Waals surface area contributed by atoms with Gasteiger partial charge >= 0.3 is 0 Å². The number of nitriles is 3. The molecule has 0 saturated carbocycles. The van der Waals surface area contributed by atoms with E-state index in [0.29, 0.717) is 17.2 Å². The van der Waals surface area contributed by atoms with Crippen LogP contribution in [0.15, 0.2) is 188 Å². The Morgan fingerprint density at radius 3 is 0.627 bits per heavy atom. The van der Waals surface area contributed by atoms with Crippen molar-refractivity contribution in [1.29, 1.82) is 15.8 Å². The Kier molecular flexibility index (Phi) is 21.7. The van der Waals surface area contributed by atoms with Crippen LogP contribution in [0.3, 0.4) is 0 Å². The first-order valence-electron chi connectivity index (χ1n) is 19.7. The predicted molar refractivity (Wildman–Crippen MR) is 239 cm³/mol. The molecule has 0 aliphatic heterocycles. The summed E-state index contributed by atoms with van der Waals surface area (Å²) in [6.07, 6.45) is 9.18. The first-order valence-corrected chi connectivity index (χ1v) is 19.7. The summed E-state index contributed by atoms with van der Waals surface area (Å²) in [6, 6.07) is 62.2. The number of benzene rings is 7. The summed E-state index contributed by atoms with van der Waals surface area (Å²) in [6.45, 7) is 8.74. The molecule has 0 amide bonds. The normalized spacial score (nSPS) is 9.24. The van der Waals surface area contributed by atoms with E-state index in [1.807, 2.05) is 54.6 Å². The van der Waals surface area contributed by atoms with Gasteiger partial charge in [0, 0.05) is 0 Å². The number of nitrogens with zero attached hydrogens (tertiary/aromatic N) is 3. The number of aryl methyl sites for hydroxylation is 4. The van der Waals surface area contributed by atoms with Crippen molar-refractivity contribution in [3.8, 4) is 58.3 Å². The van der Waals surface area contributed by atoms with Crippen molar-refractivity contribution < 1.29 is 14.2 Å². The summed E-state index contributed by atoms with van der Waals surface area (Å²) >= 11 is 0. The van der Waals surface area contributed by atoms with Gasteiger partial charge in [-0.3, -0.25) is 0 Å². The number of ether oxygens (including phenoxy) is 3. The predicted octanol–water partition coefficient (Wildman–Crippen LogP) is 13.6. The van der Waals surface area contributed by atoms with Gasteiger partial charge < -0.3 is 14.2 Å². The topological polar surface area (TPSA) is 99.1 Å². The summed E-state index contributed by atoms with van der Waals surface area (Å²) in [4.78, 5) is 0. The van der Waals surface area contributed by atoms with E-state index in [4.69, 9.17) is 15.8 Å². The highest BCUT2D eigenvalue weighted by atomic mass is 16.5. The number of rotatable bonds is 9. The van der Waals surface area contributed by atoms with Gasteiger partial charge in [-0.25, -0.2) is 0 Å². The molecule has 0 aliphatic rings. The largest absolute Gasteiger partial charge is 0.388 e. The molecule has 7 rings (SSSR count). The van der Waals surface area contributed by atoms with E-state index in [0.717, 1.165) is 25.7 Å². The third kappa shape index (κ3) is 17.8. The van der Waals surface area contributed by atoms with Gasteiger partial charge in [0.15, 0.2) is 0 Å². The summed E-state index contributed by atoms with van der Waals surface area (Å²) in [7, 11) is 0. The molecule has 296 valence electrons. The van der Waals surface area contributed by atoms with Crippen molar-refractivity contribution in [1.82, 2.24) is 0 Å². The minimum absolute atomic E-state index is 0.583. The second kappa shape index (κ2) is 27.9. The van der Waals surface area contributed by atoms with E-state index in [-0.39, 0.29) is 0 Å². The van der Waals surface area contributed by atoms with E-state index >= 15 is 0 Å². The zero-order valence-corrected chi connectivity index (χ0v) is 34.3. The van der Waals surface area contributed by atoms with Crippen molar-refractivity contribution >= 4 is 0 Å². The minimum atomic E-state index is 0.583. The quantitative estimate of drug-likeness (QED) is 0.135. The Balaban J connectivity index is 0.000000203. The molecule has 0 heterocycles. The number of hydrogen-bond donors (Lipinski definition) is 0. The van der Waals surface area contributed by atoms with Gasteiger partial charge in [0.05, 0.1) is 0 Å². The fourth-order valence-electron chi connectivity index (χ4n) is 5.36. The molecule has 0 aliphatic carbocycles. The lowest BCUT2D eigenvalue weighted by atomic mass is 10.0. The molecule has 7 aromatic rings. The molecule has 0 fully saturated rings. The smallest absolute Gasteiger partial charge is 0.292 e. The van der Waals surface area contributed by atoms with E-state index in [2.05, 4.69) is 139 Å². The molecule has 0 spiro atoms.